The van der Waals surface area contributed by atoms with Gasteiger partial charge < -0.3 is 5.32 Å². The van der Waals surface area contributed by atoms with Crippen LogP contribution >= 0.6 is 0 Å². The summed E-state index contributed by atoms with van der Waals surface area (Å²) in [5.74, 6) is 0. The highest BCUT2D eigenvalue weighted by atomic mass is 14.8. The summed E-state index contributed by atoms with van der Waals surface area (Å²) in [5, 5.41) is 3.22. The Morgan fingerprint density at radius 1 is 1.18 bits per heavy atom. The van der Waals surface area contributed by atoms with E-state index in [4.69, 9.17) is 0 Å². The lowest BCUT2D eigenvalue weighted by Crippen LogP contribution is -2.21. The number of hydrogen-bond acceptors (Lipinski definition) is 1. The van der Waals surface area contributed by atoms with Gasteiger partial charge in [-0.15, -0.1) is 0 Å². The molecule has 0 saturated carbocycles. The third kappa shape index (κ3) is 4.41. The lowest BCUT2D eigenvalue weighted by atomic mass is 9.80. The minimum absolute atomic E-state index is 0.581. The van der Waals surface area contributed by atoms with Crippen LogP contribution in [0.15, 0.2) is 0 Å². The highest BCUT2D eigenvalue weighted by molar-refractivity contribution is 4.72. The van der Waals surface area contributed by atoms with Gasteiger partial charge in [0.05, 0.1) is 0 Å². The molecule has 1 heteroatoms. The molecule has 1 atom stereocenters. The fourth-order valence-electron chi connectivity index (χ4n) is 1.51. The lowest BCUT2D eigenvalue weighted by Gasteiger charge is -2.27. The Labute approximate surface area is 71.6 Å². The second kappa shape index (κ2) is 5.59. The average Bonchev–Trinajstić information content (AvgIpc) is 2.02. The van der Waals surface area contributed by atoms with E-state index in [1.165, 1.54) is 25.7 Å². The van der Waals surface area contributed by atoms with Gasteiger partial charge in [0.15, 0.2) is 0 Å². The Morgan fingerprint density at radius 3 is 2.18 bits per heavy atom. The quantitative estimate of drug-likeness (QED) is 0.625. The van der Waals surface area contributed by atoms with Gasteiger partial charge in [-0.25, -0.2) is 0 Å². The summed E-state index contributed by atoms with van der Waals surface area (Å²) in [5.41, 5.74) is 0.581. The molecule has 1 unspecified atom stereocenters. The molecular weight excluding hydrogens is 134 g/mol. The number of nitrogens with one attached hydrogen (secondary N) is 1. The number of rotatable bonds is 6. The summed E-state index contributed by atoms with van der Waals surface area (Å²) in [7, 11) is 2.03. The van der Waals surface area contributed by atoms with Crippen molar-refractivity contribution in [1.29, 1.82) is 0 Å². The Morgan fingerprint density at radius 2 is 1.82 bits per heavy atom. The van der Waals surface area contributed by atoms with E-state index in [1.54, 1.807) is 0 Å². The van der Waals surface area contributed by atoms with Crippen LogP contribution in [0, 0.1) is 5.41 Å². The lowest BCUT2D eigenvalue weighted by molar-refractivity contribution is 0.257. The predicted octanol–water partition coefficient (Wildman–Crippen LogP) is 2.81. The molecular formula is C10H23N. The van der Waals surface area contributed by atoms with Crippen LogP contribution in [-0.4, -0.2) is 13.6 Å². The van der Waals surface area contributed by atoms with Crippen LogP contribution in [0.4, 0.5) is 0 Å². The van der Waals surface area contributed by atoms with Crippen LogP contribution in [0.1, 0.15) is 46.5 Å². The Balaban J connectivity index is 3.68. The predicted molar refractivity (Wildman–Crippen MR) is 51.8 cm³/mol. The first-order valence-electron chi connectivity index (χ1n) is 4.83. The molecule has 0 radical (unpaired) electrons. The van der Waals surface area contributed by atoms with Crippen LogP contribution in [-0.2, 0) is 0 Å². The molecule has 1 N–H and O–H groups in total. The van der Waals surface area contributed by atoms with Gasteiger partial charge in [0.25, 0.3) is 0 Å². The van der Waals surface area contributed by atoms with Crippen molar-refractivity contribution in [1.82, 2.24) is 5.32 Å². The normalized spacial score (nSPS) is 16.4. The molecule has 0 rings (SSSR count). The maximum absolute atomic E-state index is 3.22. The minimum atomic E-state index is 0.581. The summed E-state index contributed by atoms with van der Waals surface area (Å²) in [4.78, 5) is 0. The largest absolute Gasteiger partial charge is 0.320 e. The molecule has 0 aliphatic heterocycles. The summed E-state index contributed by atoms with van der Waals surface area (Å²) in [6, 6.07) is 0. The Hall–Kier alpha value is -0.0400. The topological polar surface area (TPSA) is 12.0 Å². The number of hydrogen-bond donors (Lipinski definition) is 1. The van der Waals surface area contributed by atoms with E-state index < -0.39 is 0 Å². The smallest absolute Gasteiger partial charge is 0.00467 e. The first-order valence-corrected chi connectivity index (χ1v) is 4.83. The standard InChI is InChI=1S/C10H23N/c1-5-7-10(3,6-2)8-9-11-4/h11H,5-9H2,1-4H3. The molecule has 0 aromatic carbocycles. The van der Waals surface area contributed by atoms with Crippen LogP contribution in [0.2, 0.25) is 0 Å². The molecule has 0 saturated heterocycles. The van der Waals surface area contributed by atoms with Gasteiger partial charge >= 0.3 is 0 Å². The molecule has 68 valence electrons. The summed E-state index contributed by atoms with van der Waals surface area (Å²) in [6.07, 6.45) is 5.30. The second-order valence-electron chi connectivity index (χ2n) is 3.77. The van der Waals surface area contributed by atoms with Crippen molar-refractivity contribution in [2.75, 3.05) is 13.6 Å². The zero-order valence-electron chi connectivity index (χ0n) is 8.54. The van der Waals surface area contributed by atoms with E-state index in [2.05, 4.69) is 26.1 Å². The van der Waals surface area contributed by atoms with Crippen LogP contribution in [0.3, 0.4) is 0 Å². The summed E-state index contributed by atoms with van der Waals surface area (Å²) in [6.45, 7) is 8.12. The van der Waals surface area contributed by atoms with E-state index in [-0.39, 0.29) is 0 Å². The van der Waals surface area contributed by atoms with E-state index in [1.807, 2.05) is 7.05 Å². The van der Waals surface area contributed by atoms with Crippen molar-refractivity contribution in [2.24, 2.45) is 5.41 Å². The first kappa shape index (κ1) is 11.0. The summed E-state index contributed by atoms with van der Waals surface area (Å²) < 4.78 is 0. The second-order valence-corrected chi connectivity index (χ2v) is 3.77. The maximum atomic E-state index is 3.22. The van der Waals surface area contributed by atoms with Gasteiger partial charge in [-0.3, -0.25) is 0 Å². The highest BCUT2D eigenvalue weighted by Gasteiger charge is 2.19. The molecule has 0 spiro atoms. The van der Waals surface area contributed by atoms with E-state index in [0.29, 0.717) is 5.41 Å². The molecule has 0 bridgehead atoms. The molecule has 0 aromatic heterocycles. The maximum Gasteiger partial charge on any atom is -0.00467 e. The van der Waals surface area contributed by atoms with Crippen molar-refractivity contribution in [3.8, 4) is 0 Å². The van der Waals surface area contributed by atoms with Gasteiger partial charge in [-0.2, -0.15) is 0 Å². The molecule has 0 fully saturated rings. The van der Waals surface area contributed by atoms with Crippen LogP contribution < -0.4 is 5.32 Å². The fourth-order valence-corrected chi connectivity index (χ4v) is 1.51. The molecule has 0 aliphatic carbocycles. The Kier molecular flexibility index (Phi) is 5.57. The van der Waals surface area contributed by atoms with E-state index >= 15 is 0 Å². The molecule has 1 nitrogen and oxygen atoms in total. The van der Waals surface area contributed by atoms with Crippen LogP contribution in [0.5, 0.6) is 0 Å². The van der Waals surface area contributed by atoms with Gasteiger partial charge in [0.2, 0.25) is 0 Å². The van der Waals surface area contributed by atoms with Gasteiger partial charge in [-0.1, -0.05) is 33.6 Å². The molecule has 0 aromatic rings. The minimum Gasteiger partial charge on any atom is -0.320 e. The van der Waals surface area contributed by atoms with Crippen molar-refractivity contribution in [3.05, 3.63) is 0 Å². The molecule has 0 aliphatic rings. The average molecular weight is 157 g/mol. The monoisotopic (exact) mass is 157 g/mol. The Bertz CT molecular complexity index is 90.9. The highest BCUT2D eigenvalue weighted by Crippen LogP contribution is 2.30. The molecule has 0 heterocycles. The van der Waals surface area contributed by atoms with Gasteiger partial charge in [0, 0.05) is 0 Å². The SMILES string of the molecule is CCCC(C)(CC)CCNC. The van der Waals surface area contributed by atoms with Crippen molar-refractivity contribution in [2.45, 2.75) is 46.5 Å². The fraction of sp³-hybridized carbons (Fsp3) is 1.00. The third-order valence-electron chi connectivity index (χ3n) is 2.69. The molecule has 11 heavy (non-hydrogen) atoms. The first-order chi connectivity index (χ1) is 5.18. The zero-order valence-corrected chi connectivity index (χ0v) is 8.54. The van der Waals surface area contributed by atoms with Crippen molar-refractivity contribution < 1.29 is 0 Å². The zero-order chi connectivity index (χ0) is 8.74. The van der Waals surface area contributed by atoms with E-state index in [0.717, 1.165) is 6.54 Å². The summed E-state index contributed by atoms with van der Waals surface area (Å²) >= 11 is 0. The van der Waals surface area contributed by atoms with E-state index in [9.17, 15) is 0 Å². The van der Waals surface area contributed by atoms with Gasteiger partial charge in [0.1, 0.15) is 0 Å². The van der Waals surface area contributed by atoms with Crippen molar-refractivity contribution >= 4 is 0 Å². The van der Waals surface area contributed by atoms with Crippen LogP contribution in [0.25, 0.3) is 0 Å². The van der Waals surface area contributed by atoms with Crippen molar-refractivity contribution in [3.63, 3.8) is 0 Å². The third-order valence-corrected chi connectivity index (χ3v) is 2.69. The van der Waals surface area contributed by atoms with Gasteiger partial charge in [-0.05, 0) is 31.8 Å². The molecule has 0 amide bonds.